The number of phenols is 1. The monoisotopic (exact) mass is 590 g/mol. The van der Waals surface area contributed by atoms with E-state index in [0.29, 0.717) is 12.4 Å². The van der Waals surface area contributed by atoms with E-state index in [2.05, 4.69) is 9.80 Å². The van der Waals surface area contributed by atoms with E-state index in [1.165, 1.54) is 122 Å². The number of piperidine rings is 2. The molecule has 0 amide bonds. The van der Waals surface area contributed by atoms with E-state index in [-0.39, 0.29) is 17.1 Å². The van der Waals surface area contributed by atoms with Crippen molar-refractivity contribution in [1.82, 2.24) is 9.80 Å². The first-order valence-electron chi connectivity index (χ1n) is 17.0. The van der Waals surface area contributed by atoms with Crippen molar-refractivity contribution in [1.29, 1.82) is 0 Å². The molecule has 6 heteroatoms. The molecule has 0 spiro atoms. The molecule has 0 aliphatic carbocycles. The number of carbonyl (C=O) groups excluding carboxylic acids is 1. The lowest BCUT2D eigenvalue weighted by Gasteiger charge is -2.26. The summed E-state index contributed by atoms with van der Waals surface area (Å²) in [7, 11) is 0. The minimum Gasteiger partial charge on any atom is -0.507 e. The van der Waals surface area contributed by atoms with Gasteiger partial charge >= 0.3 is 0 Å². The van der Waals surface area contributed by atoms with Gasteiger partial charge in [0.2, 0.25) is 0 Å². The number of hydrogen-bond acceptors (Lipinski definition) is 6. The van der Waals surface area contributed by atoms with Gasteiger partial charge in [-0.2, -0.15) is 0 Å². The molecule has 2 heterocycles. The van der Waals surface area contributed by atoms with E-state index in [0.717, 1.165) is 37.2 Å². The van der Waals surface area contributed by atoms with Crippen LogP contribution in [0.2, 0.25) is 0 Å². The fourth-order valence-corrected chi connectivity index (χ4v) is 6.07. The van der Waals surface area contributed by atoms with Crippen LogP contribution < -0.4 is 9.47 Å². The second-order valence-corrected chi connectivity index (χ2v) is 12.3. The molecular weight excluding hydrogens is 536 g/mol. The summed E-state index contributed by atoms with van der Waals surface area (Å²) >= 11 is 0. The number of ketones is 1. The molecule has 0 radical (unpaired) electrons. The topological polar surface area (TPSA) is 62.2 Å². The van der Waals surface area contributed by atoms with Gasteiger partial charge in [-0.15, -0.1) is 0 Å². The third-order valence-electron chi connectivity index (χ3n) is 8.71. The van der Waals surface area contributed by atoms with E-state index < -0.39 is 0 Å². The molecule has 2 aromatic rings. The second kappa shape index (κ2) is 19.4. The first kappa shape index (κ1) is 33.1. The summed E-state index contributed by atoms with van der Waals surface area (Å²) in [6, 6.07) is 12.7. The van der Waals surface area contributed by atoms with Crippen molar-refractivity contribution in [3.63, 3.8) is 0 Å². The Hall–Kier alpha value is -2.83. The largest absolute Gasteiger partial charge is 0.507 e. The average molecular weight is 591 g/mol. The standard InChI is InChI=1S/C37H54N2O4/c40-36(35-21-20-34(31-37(35)41)43-30-14-4-2-8-24-39-27-11-6-12-28-39)22-17-32-15-18-33(19-16-32)42-29-13-3-1-7-23-38-25-9-5-10-26-38/h15-22,31,41H,1-14,23-30H2/b22-17+. The van der Waals surface area contributed by atoms with E-state index >= 15 is 0 Å². The van der Waals surface area contributed by atoms with E-state index in [1.807, 2.05) is 24.3 Å². The van der Waals surface area contributed by atoms with Gasteiger partial charge in [0, 0.05) is 6.07 Å². The molecule has 2 saturated heterocycles. The third kappa shape index (κ3) is 12.7. The molecule has 4 rings (SSSR count). The molecule has 2 aromatic carbocycles. The van der Waals surface area contributed by atoms with Crippen molar-refractivity contribution in [3.05, 3.63) is 59.7 Å². The highest BCUT2D eigenvalue weighted by Crippen LogP contribution is 2.25. The van der Waals surface area contributed by atoms with Crippen LogP contribution in [-0.4, -0.2) is 73.2 Å². The van der Waals surface area contributed by atoms with Crippen molar-refractivity contribution in [2.75, 3.05) is 52.5 Å². The molecular formula is C37H54N2O4. The Kier molecular flexibility index (Phi) is 15.0. The molecule has 1 N–H and O–H groups in total. The molecule has 2 fully saturated rings. The fourth-order valence-electron chi connectivity index (χ4n) is 6.07. The molecule has 236 valence electrons. The molecule has 0 aromatic heterocycles. The van der Waals surface area contributed by atoms with Crippen molar-refractivity contribution < 1.29 is 19.4 Å². The second-order valence-electron chi connectivity index (χ2n) is 12.3. The molecule has 6 nitrogen and oxygen atoms in total. The van der Waals surface area contributed by atoms with Gasteiger partial charge in [0.25, 0.3) is 0 Å². The quantitative estimate of drug-likeness (QED) is 0.101. The van der Waals surface area contributed by atoms with Gasteiger partial charge in [0.05, 0.1) is 18.8 Å². The Morgan fingerprint density at radius 1 is 0.651 bits per heavy atom. The van der Waals surface area contributed by atoms with Crippen LogP contribution in [0.5, 0.6) is 17.2 Å². The SMILES string of the molecule is O=C(/C=C/c1ccc(OCCCCCCN2CCCCC2)cc1)c1ccc(OCCCCCCN2CCCCC2)cc1O. The molecule has 0 bridgehead atoms. The Bertz CT molecular complexity index is 1090. The van der Waals surface area contributed by atoms with Crippen LogP contribution in [0.25, 0.3) is 6.08 Å². The minimum absolute atomic E-state index is 0.0519. The highest BCUT2D eigenvalue weighted by molar-refractivity contribution is 6.08. The smallest absolute Gasteiger partial charge is 0.189 e. The van der Waals surface area contributed by atoms with Gasteiger partial charge in [0.15, 0.2) is 5.78 Å². The lowest BCUT2D eigenvalue weighted by molar-refractivity contribution is 0.104. The van der Waals surface area contributed by atoms with Crippen LogP contribution in [0, 0.1) is 0 Å². The summed E-state index contributed by atoms with van der Waals surface area (Å²) in [6.45, 7) is 8.92. The van der Waals surface area contributed by atoms with Crippen LogP contribution in [0.15, 0.2) is 48.5 Å². The minimum atomic E-state index is -0.238. The van der Waals surface area contributed by atoms with Gasteiger partial charge in [-0.1, -0.05) is 56.7 Å². The zero-order chi connectivity index (χ0) is 30.0. The lowest BCUT2D eigenvalue weighted by Crippen LogP contribution is -2.30. The summed E-state index contributed by atoms with van der Waals surface area (Å²) < 4.78 is 11.7. The van der Waals surface area contributed by atoms with Gasteiger partial charge in [-0.3, -0.25) is 4.79 Å². The summed E-state index contributed by atoms with van der Waals surface area (Å²) in [5, 5.41) is 10.4. The molecule has 0 saturated carbocycles. The normalized spacial score (nSPS) is 16.5. The number of unbranched alkanes of at least 4 members (excludes halogenated alkanes) is 6. The Morgan fingerprint density at radius 3 is 1.72 bits per heavy atom. The number of nitrogens with zero attached hydrogens (tertiary/aromatic N) is 2. The van der Waals surface area contributed by atoms with Crippen molar-refractivity contribution in [2.24, 2.45) is 0 Å². The zero-order valence-electron chi connectivity index (χ0n) is 26.3. The molecule has 43 heavy (non-hydrogen) atoms. The van der Waals surface area contributed by atoms with Crippen LogP contribution in [0.4, 0.5) is 0 Å². The Morgan fingerprint density at radius 2 is 1.16 bits per heavy atom. The lowest BCUT2D eigenvalue weighted by atomic mass is 10.1. The maximum absolute atomic E-state index is 12.7. The van der Waals surface area contributed by atoms with E-state index in [9.17, 15) is 9.90 Å². The van der Waals surface area contributed by atoms with Crippen LogP contribution in [0.1, 0.15) is 106 Å². The first-order chi connectivity index (χ1) is 21.2. The molecule has 0 atom stereocenters. The highest BCUT2D eigenvalue weighted by atomic mass is 16.5. The van der Waals surface area contributed by atoms with Crippen LogP contribution in [0.3, 0.4) is 0 Å². The zero-order valence-corrected chi connectivity index (χ0v) is 26.3. The van der Waals surface area contributed by atoms with E-state index in [1.54, 1.807) is 18.2 Å². The number of phenolic OH excluding ortho intramolecular Hbond substituents is 1. The number of rotatable bonds is 19. The number of allylic oxidation sites excluding steroid dienone is 1. The summed E-state index contributed by atoms with van der Waals surface area (Å²) in [4.78, 5) is 17.9. The number of aromatic hydroxyl groups is 1. The Balaban J connectivity index is 1.07. The summed E-state index contributed by atoms with van der Waals surface area (Å²) in [5.41, 5.74) is 1.19. The number of carbonyl (C=O) groups is 1. The molecule has 2 aliphatic heterocycles. The van der Waals surface area contributed by atoms with Crippen LogP contribution >= 0.6 is 0 Å². The molecule has 0 unspecified atom stereocenters. The molecule has 2 aliphatic rings. The first-order valence-corrected chi connectivity index (χ1v) is 17.0. The summed E-state index contributed by atoms with van der Waals surface area (Å²) in [5.74, 6) is 1.16. The fraction of sp³-hybridized carbons (Fsp3) is 0.595. The third-order valence-corrected chi connectivity index (χ3v) is 8.71. The van der Waals surface area contributed by atoms with Gasteiger partial charge in [-0.05, 0) is 127 Å². The van der Waals surface area contributed by atoms with Crippen LogP contribution in [-0.2, 0) is 0 Å². The number of hydrogen-bond donors (Lipinski definition) is 1. The number of likely N-dealkylation sites (tertiary alicyclic amines) is 2. The van der Waals surface area contributed by atoms with Crippen molar-refractivity contribution in [3.8, 4) is 17.2 Å². The van der Waals surface area contributed by atoms with Gasteiger partial charge in [0.1, 0.15) is 17.2 Å². The van der Waals surface area contributed by atoms with Gasteiger partial charge < -0.3 is 24.4 Å². The van der Waals surface area contributed by atoms with Crippen molar-refractivity contribution in [2.45, 2.75) is 89.9 Å². The van der Waals surface area contributed by atoms with Gasteiger partial charge in [-0.25, -0.2) is 0 Å². The predicted molar refractivity (Wildman–Crippen MR) is 176 cm³/mol. The maximum atomic E-state index is 12.7. The average Bonchev–Trinajstić information content (AvgIpc) is 3.04. The predicted octanol–water partition coefficient (Wildman–Crippen LogP) is 8.14. The maximum Gasteiger partial charge on any atom is 0.189 e. The number of ether oxygens (including phenoxy) is 2. The van der Waals surface area contributed by atoms with Crippen molar-refractivity contribution >= 4 is 11.9 Å². The highest BCUT2D eigenvalue weighted by Gasteiger charge is 2.11. The van der Waals surface area contributed by atoms with E-state index in [4.69, 9.17) is 9.47 Å². The Labute approximate surface area is 260 Å². The summed E-state index contributed by atoms with van der Waals surface area (Å²) in [6.07, 6.45) is 20.9. The number of benzene rings is 2.